The maximum Gasteiger partial charge on any atom is 0.317 e. The molecule has 0 aromatic heterocycles. The molecule has 0 spiro atoms. The molecule has 3 N–H and O–H groups in total. The molecule has 24 heavy (non-hydrogen) atoms. The summed E-state index contributed by atoms with van der Waals surface area (Å²) in [6.45, 7) is 0.874. The molecule has 8 nitrogen and oxygen atoms in total. The van der Waals surface area contributed by atoms with Crippen molar-refractivity contribution in [1.82, 2.24) is 14.9 Å². The van der Waals surface area contributed by atoms with Crippen molar-refractivity contribution in [2.24, 2.45) is 5.92 Å². The van der Waals surface area contributed by atoms with Crippen LogP contribution >= 0.6 is 0 Å². The van der Waals surface area contributed by atoms with Gasteiger partial charge in [-0.05, 0) is 37.6 Å². The van der Waals surface area contributed by atoms with Gasteiger partial charge in [-0.3, -0.25) is 4.79 Å². The van der Waals surface area contributed by atoms with E-state index in [1.807, 2.05) is 0 Å². The van der Waals surface area contributed by atoms with Crippen molar-refractivity contribution in [1.29, 1.82) is 0 Å². The Morgan fingerprint density at radius 3 is 2.79 bits per heavy atom. The normalized spacial score (nSPS) is 18.2. The largest absolute Gasteiger partial charge is 0.481 e. The summed E-state index contributed by atoms with van der Waals surface area (Å²) in [5, 5.41) is 11.8. The van der Waals surface area contributed by atoms with Gasteiger partial charge in [0.1, 0.15) is 0 Å². The van der Waals surface area contributed by atoms with Crippen molar-refractivity contribution in [2.45, 2.75) is 24.3 Å². The summed E-state index contributed by atoms with van der Waals surface area (Å²) in [4.78, 5) is 24.8. The van der Waals surface area contributed by atoms with Gasteiger partial charge in [0.05, 0.1) is 10.8 Å². The second-order valence-electron chi connectivity index (χ2n) is 5.64. The minimum Gasteiger partial charge on any atom is -0.481 e. The van der Waals surface area contributed by atoms with Crippen molar-refractivity contribution in [3.8, 4) is 0 Å². The van der Waals surface area contributed by atoms with Crippen LogP contribution in [0.15, 0.2) is 29.2 Å². The fourth-order valence-electron chi connectivity index (χ4n) is 2.59. The molecule has 0 radical (unpaired) electrons. The number of amides is 2. The summed E-state index contributed by atoms with van der Waals surface area (Å²) >= 11 is 0. The van der Waals surface area contributed by atoms with Gasteiger partial charge < -0.3 is 15.3 Å². The van der Waals surface area contributed by atoms with Gasteiger partial charge in [0.25, 0.3) is 0 Å². The summed E-state index contributed by atoms with van der Waals surface area (Å²) in [6, 6.07) is 5.93. The van der Waals surface area contributed by atoms with E-state index >= 15 is 0 Å². The van der Waals surface area contributed by atoms with Crippen LogP contribution in [0, 0.1) is 5.92 Å². The molecule has 0 saturated carbocycles. The molecule has 1 unspecified atom stereocenters. The number of nitrogens with one attached hydrogen (secondary N) is 2. The molecule has 1 aliphatic rings. The highest BCUT2D eigenvalue weighted by Crippen LogP contribution is 2.17. The number of rotatable bonds is 5. The Kier molecular flexibility index (Phi) is 5.79. The van der Waals surface area contributed by atoms with Crippen LogP contribution in [0.4, 0.5) is 4.79 Å². The van der Waals surface area contributed by atoms with Crippen LogP contribution in [0.5, 0.6) is 0 Å². The molecule has 1 heterocycles. The molecule has 2 amide bonds. The minimum absolute atomic E-state index is 0.126. The first-order chi connectivity index (χ1) is 11.3. The van der Waals surface area contributed by atoms with E-state index < -0.39 is 21.9 Å². The topological polar surface area (TPSA) is 116 Å². The van der Waals surface area contributed by atoms with E-state index in [9.17, 15) is 18.0 Å². The van der Waals surface area contributed by atoms with Crippen molar-refractivity contribution in [3.63, 3.8) is 0 Å². The Balaban J connectivity index is 1.97. The molecule has 0 aliphatic carbocycles. The Hall–Kier alpha value is -2.13. The number of aliphatic carboxylic acids is 1. The summed E-state index contributed by atoms with van der Waals surface area (Å²) < 4.78 is 25.8. The van der Waals surface area contributed by atoms with E-state index in [1.54, 1.807) is 12.1 Å². The van der Waals surface area contributed by atoms with Crippen molar-refractivity contribution >= 4 is 22.0 Å². The number of carbonyl (C=O) groups excluding carboxylic acids is 1. The lowest BCUT2D eigenvalue weighted by Gasteiger charge is -2.30. The second-order valence-corrected chi connectivity index (χ2v) is 7.52. The smallest absolute Gasteiger partial charge is 0.317 e. The molecule has 1 fully saturated rings. The first kappa shape index (κ1) is 18.2. The molecule has 1 aromatic carbocycles. The van der Waals surface area contributed by atoms with Gasteiger partial charge >= 0.3 is 12.0 Å². The fourth-order valence-corrected chi connectivity index (χ4v) is 3.39. The average molecular weight is 355 g/mol. The Labute approximate surface area is 140 Å². The number of piperidine rings is 1. The van der Waals surface area contributed by atoms with Crippen LogP contribution in [0.1, 0.15) is 18.4 Å². The first-order valence-corrected chi connectivity index (χ1v) is 9.10. The van der Waals surface area contributed by atoms with E-state index in [1.165, 1.54) is 24.1 Å². The SMILES string of the molecule is CNS(=O)(=O)c1cccc(CNC(=O)N2CCCC(C(=O)O)C2)c1. The molecule has 1 atom stereocenters. The second kappa shape index (κ2) is 7.63. The summed E-state index contributed by atoms with van der Waals surface area (Å²) in [5.74, 6) is -1.42. The number of nitrogens with zero attached hydrogens (tertiary/aromatic N) is 1. The Morgan fingerprint density at radius 2 is 2.12 bits per heavy atom. The van der Waals surface area contributed by atoms with Gasteiger partial charge in [-0.1, -0.05) is 12.1 Å². The number of carboxylic acid groups (broad SMARTS) is 1. The van der Waals surface area contributed by atoms with Crippen LogP contribution in [0.25, 0.3) is 0 Å². The van der Waals surface area contributed by atoms with Gasteiger partial charge in [-0.15, -0.1) is 0 Å². The molecule has 9 heteroatoms. The molecule has 1 aromatic rings. The van der Waals surface area contributed by atoms with Crippen molar-refractivity contribution in [2.75, 3.05) is 20.1 Å². The predicted octanol–water partition coefficient (Wildman–Crippen LogP) is 0.601. The van der Waals surface area contributed by atoms with Gasteiger partial charge in [0.2, 0.25) is 10.0 Å². The average Bonchev–Trinajstić information content (AvgIpc) is 2.60. The van der Waals surface area contributed by atoms with Crippen LogP contribution < -0.4 is 10.0 Å². The van der Waals surface area contributed by atoms with E-state index in [0.717, 1.165) is 0 Å². The highest BCUT2D eigenvalue weighted by atomic mass is 32.2. The van der Waals surface area contributed by atoms with Crippen molar-refractivity contribution in [3.05, 3.63) is 29.8 Å². The van der Waals surface area contributed by atoms with E-state index in [-0.39, 0.29) is 24.0 Å². The minimum atomic E-state index is -3.53. The monoisotopic (exact) mass is 355 g/mol. The maximum atomic E-state index is 12.2. The maximum absolute atomic E-state index is 12.2. The number of urea groups is 1. The first-order valence-electron chi connectivity index (χ1n) is 7.61. The fraction of sp³-hybridized carbons (Fsp3) is 0.467. The zero-order valence-electron chi connectivity index (χ0n) is 13.4. The van der Waals surface area contributed by atoms with E-state index in [2.05, 4.69) is 10.0 Å². The third kappa shape index (κ3) is 4.45. The molecule has 132 valence electrons. The molecule has 1 saturated heterocycles. The van der Waals surface area contributed by atoms with E-state index in [0.29, 0.717) is 24.9 Å². The van der Waals surface area contributed by atoms with Crippen LogP contribution in [0.2, 0.25) is 0 Å². The highest BCUT2D eigenvalue weighted by molar-refractivity contribution is 7.89. The number of carbonyl (C=O) groups is 2. The van der Waals surface area contributed by atoms with Crippen LogP contribution in [-0.2, 0) is 21.4 Å². The number of sulfonamides is 1. The molecule has 0 bridgehead atoms. The number of hydrogen-bond acceptors (Lipinski definition) is 4. The van der Waals surface area contributed by atoms with Gasteiger partial charge in [0.15, 0.2) is 0 Å². The third-order valence-corrected chi connectivity index (χ3v) is 5.39. The quantitative estimate of drug-likeness (QED) is 0.715. The van der Waals surface area contributed by atoms with Crippen molar-refractivity contribution < 1.29 is 23.1 Å². The van der Waals surface area contributed by atoms with E-state index in [4.69, 9.17) is 5.11 Å². The van der Waals surface area contributed by atoms with Gasteiger partial charge in [-0.25, -0.2) is 17.9 Å². The summed E-state index contributed by atoms with van der Waals surface area (Å²) in [7, 11) is -2.20. The lowest BCUT2D eigenvalue weighted by Crippen LogP contribution is -2.46. The van der Waals surface area contributed by atoms with Crippen LogP contribution in [-0.4, -0.2) is 50.6 Å². The third-order valence-electron chi connectivity index (χ3n) is 3.98. The predicted molar refractivity (Wildman–Crippen MR) is 86.9 cm³/mol. The standard InChI is InChI=1S/C15H21N3O5S/c1-16-24(22,23)13-6-2-4-11(8-13)9-17-15(21)18-7-3-5-12(10-18)14(19)20/h2,4,6,8,12,16H,3,5,7,9-10H2,1H3,(H,17,21)(H,19,20). The van der Waals surface area contributed by atoms with Crippen LogP contribution in [0.3, 0.4) is 0 Å². The lowest BCUT2D eigenvalue weighted by atomic mass is 9.99. The summed E-state index contributed by atoms with van der Waals surface area (Å²) in [5.41, 5.74) is 0.645. The highest BCUT2D eigenvalue weighted by Gasteiger charge is 2.27. The number of carboxylic acids is 1. The number of benzene rings is 1. The number of likely N-dealkylation sites (tertiary alicyclic amines) is 1. The zero-order valence-corrected chi connectivity index (χ0v) is 14.2. The Morgan fingerprint density at radius 1 is 1.38 bits per heavy atom. The molecule has 2 rings (SSSR count). The summed E-state index contributed by atoms with van der Waals surface area (Å²) in [6.07, 6.45) is 1.23. The Bertz CT molecular complexity index is 720. The lowest BCUT2D eigenvalue weighted by molar-refractivity contribution is -0.143. The van der Waals surface area contributed by atoms with Gasteiger partial charge in [0, 0.05) is 19.6 Å². The molecule has 1 aliphatic heterocycles. The number of hydrogen-bond donors (Lipinski definition) is 3. The molecular weight excluding hydrogens is 334 g/mol. The zero-order chi connectivity index (χ0) is 17.7. The van der Waals surface area contributed by atoms with Gasteiger partial charge in [-0.2, -0.15) is 0 Å². The molecular formula is C15H21N3O5S.